The third-order valence-corrected chi connectivity index (χ3v) is 2.69. The first-order valence-electron chi connectivity index (χ1n) is 5.86. The molecule has 98 valence electrons. The van der Waals surface area contributed by atoms with E-state index in [0.29, 0.717) is 11.5 Å². The van der Waals surface area contributed by atoms with E-state index in [2.05, 4.69) is 4.74 Å². The van der Waals surface area contributed by atoms with Crippen molar-refractivity contribution in [1.29, 1.82) is 0 Å². The molecule has 0 spiro atoms. The van der Waals surface area contributed by atoms with Crippen LogP contribution in [0.3, 0.4) is 0 Å². The van der Waals surface area contributed by atoms with Crippen molar-refractivity contribution in [3.8, 4) is 11.5 Å². The molecular weight excluding hydrogens is 234 g/mol. The van der Waals surface area contributed by atoms with E-state index in [0.717, 1.165) is 12.0 Å². The smallest absolute Gasteiger partial charge is 0.350 e. The molecule has 0 aliphatic carbocycles. The standard InChI is InChI=1S/C13H17NO4/c1-8(14)5-9-3-4-10-11(6-9)17-7-12(18-10)13(15)16-2/h3-4,6,8,12H,5,7,14H2,1-2H3/t8-,12-/m1/s1. The number of rotatable bonds is 3. The lowest BCUT2D eigenvalue weighted by Crippen LogP contribution is -2.37. The molecule has 0 unspecified atom stereocenters. The van der Waals surface area contributed by atoms with Crippen molar-refractivity contribution < 1.29 is 19.0 Å². The van der Waals surface area contributed by atoms with Gasteiger partial charge in [-0.05, 0) is 31.0 Å². The van der Waals surface area contributed by atoms with Crippen LogP contribution in [0.4, 0.5) is 0 Å². The van der Waals surface area contributed by atoms with Gasteiger partial charge in [0.05, 0.1) is 7.11 Å². The predicted octanol–water partition coefficient (Wildman–Crippen LogP) is 0.889. The van der Waals surface area contributed by atoms with Crippen LogP contribution in [0.25, 0.3) is 0 Å². The molecule has 1 aromatic rings. The van der Waals surface area contributed by atoms with Gasteiger partial charge in [0.25, 0.3) is 0 Å². The first-order chi connectivity index (χ1) is 8.60. The SMILES string of the molecule is COC(=O)[C@H]1COc2cc(C[C@@H](C)N)ccc2O1. The molecule has 0 bridgehead atoms. The zero-order chi connectivity index (χ0) is 13.1. The van der Waals surface area contributed by atoms with Crippen molar-refractivity contribution in [3.05, 3.63) is 23.8 Å². The predicted molar refractivity (Wildman–Crippen MR) is 65.7 cm³/mol. The Labute approximate surface area is 106 Å². The lowest BCUT2D eigenvalue weighted by atomic mass is 10.1. The van der Waals surface area contributed by atoms with Gasteiger partial charge in [0, 0.05) is 6.04 Å². The molecule has 5 nitrogen and oxygen atoms in total. The van der Waals surface area contributed by atoms with Crippen molar-refractivity contribution in [2.75, 3.05) is 13.7 Å². The molecular formula is C13H17NO4. The second kappa shape index (κ2) is 5.27. The average molecular weight is 251 g/mol. The Morgan fingerprint density at radius 3 is 3.00 bits per heavy atom. The van der Waals surface area contributed by atoms with E-state index in [1.807, 2.05) is 19.1 Å². The number of hydrogen-bond donors (Lipinski definition) is 1. The van der Waals surface area contributed by atoms with Crippen LogP contribution in [0.15, 0.2) is 18.2 Å². The second-order valence-electron chi connectivity index (χ2n) is 4.40. The number of hydrogen-bond acceptors (Lipinski definition) is 5. The van der Waals surface area contributed by atoms with E-state index in [4.69, 9.17) is 15.2 Å². The fraction of sp³-hybridized carbons (Fsp3) is 0.462. The Bertz CT molecular complexity index is 445. The molecule has 0 fully saturated rings. The van der Waals surface area contributed by atoms with Crippen LogP contribution in [0.1, 0.15) is 12.5 Å². The van der Waals surface area contributed by atoms with E-state index < -0.39 is 12.1 Å². The average Bonchev–Trinajstić information content (AvgIpc) is 2.36. The van der Waals surface area contributed by atoms with Crippen molar-refractivity contribution in [2.24, 2.45) is 5.73 Å². The minimum absolute atomic E-state index is 0.0929. The van der Waals surface area contributed by atoms with Crippen LogP contribution >= 0.6 is 0 Å². The minimum atomic E-state index is -0.693. The molecule has 1 heterocycles. The number of esters is 1. The Morgan fingerprint density at radius 1 is 1.56 bits per heavy atom. The van der Waals surface area contributed by atoms with Crippen LogP contribution < -0.4 is 15.2 Å². The first kappa shape index (κ1) is 12.7. The normalized spacial score (nSPS) is 19.2. The van der Waals surface area contributed by atoms with Gasteiger partial charge in [-0.3, -0.25) is 0 Å². The highest BCUT2D eigenvalue weighted by atomic mass is 16.6. The molecule has 1 aliphatic heterocycles. The Morgan fingerprint density at radius 2 is 2.33 bits per heavy atom. The summed E-state index contributed by atoms with van der Waals surface area (Å²) in [6.07, 6.45) is 0.0821. The second-order valence-corrected chi connectivity index (χ2v) is 4.40. The lowest BCUT2D eigenvalue weighted by Gasteiger charge is -2.25. The third kappa shape index (κ3) is 2.73. The molecule has 0 aromatic heterocycles. The summed E-state index contributed by atoms with van der Waals surface area (Å²) in [6, 6.07) is 5.70. The molecule has 0 radical (unpaired) electrons. The van der Waals surface area contributed by atoms with Gasteiger partial charge < -0.3 is 19.9 Å². The van der Waals surface area contributed by atoms with Crippen molar-refractivity contribution in [1.82, 2.24) is 0 Å². The molecule has 1 aromatic carbocycles. The first-order valence-corrected chi connectivity index (χ1v) is 5.86. The number of ether oxygens (including phenoxy) is 3. The lowest BCUT2D eigenvalue weighted by molar-refractivity contribution is -0.151. The summed E-state index contributed by atoms with van der Waals surface area (Å²) >= 11 is 0. The maximum atomic E-state index is 11.3. The molecule has 2 N–H and O–H groups in total. The highest BCUT2D eigenvalue weighted by molar-refractivity contribution is 5.75. The summed E-state index contributed by atoms with van der Waals surface area (Å²) in [6.45, 7) is 2.12. The quantitative estimate of drug-likeness (QED) is 0.808. The molecule has 0 amide bonds. The van der Waals surface area contributed by atoms with E-state index in [1.165, 1.54) is 7.11 Å². The Balaban J connectivity index is 2.13. The van der Waals surface area contributed by atoms with Gasteiger partial charge in [-0.25, -0.2) is 4.79 Å². The van der Waals surface area contributed by atoms with Crippen LogP contribution in [0.5, 0.6) is 11.5 Å². The van der Waals surface area contributed by atoms with Gasteiger partial charge in [-0.2, -0.15) is 0 Å². The van der Waals surface area contributed by atoms with Gasteiger partial charge in [-0.1, -0.05) is 6.07 Å². The molecule has 2 rings (SSSR count). The van der Waals surface area contributed by atoms with Gasteiger partial charge in [0.1, 0.15) is 6.61 Å². The summed E-state index contributed by atoms with van der Waals surface area (Å²) in [5.41, 5.74) is 6.83. The van der Waals surface area contributed by atoms with Crippen molar-refractivity contribution >= 4 is 5.97 Å². The minimum Gasteiger partial charge on any atom is -0.485 e. The Kier molecular flexibility index (Phi) is 3.72. The van der Waals surface area contributed by atoms with Crippen LogP contribution in [-0.4, -0.2) is 31.8 Å². The van der Waals surface area contributed by atoms with Crippen molar-refractivity contribution in [2.45, 2.75) is 25.5 Å². The highest BCUT2D eigenvalue weighted by Gasteiger charge is 2.28. The van der Waals surface area contributed by atoms with Gasteiger partial charge >= 0.3 is 5.97 Å². The molecule has 2 atom stereocenters. The monoisotopic (exact) mass is 251 g/mol. The van der Waals surface area contributed by atoms with Crippen LogP contribution in [0, 0.1) is 0 Å². The third-order valence-electron chi connectivity index (χ3n) is 2.69. The number of methoxy groups -OCH3 is 1. The maximum absolute atomic E-state index is 11.3. The molecule has 0 saturated heterocycles. The summed E-state index contributed by atoms with van der Waals surface area (Å²) < 4.78 is 15.6. The highest BCUT2D eigenvalue weighted by Crippen LogP contribution is 2.33. The molecule has 1 aliphatic rings. The number of carbonyl (C=O) groups excluding carboxylic acids is 1. The fourth-order valence-corrected chi connectivity index (χ4v) is 1.86. The summed E-state index contributed by atoms with van der Waals surface area (Å²) in [4.78, 5) is 11.3. The number of benzene rings is 1. The molecule has 18 heavy (non-hydrogen) atoms. The molecule has 0 saturated carbocycles. The van der Waals surface area contributed by atoms with Crippen molar-refractivity contribution in [3.63, 3.8) is 0 Å². The van der Waals surface area contributed by atoms with E-state index >= 15 is 0 Å². The number of fused-ring (bicyclic) bond motifs is 1. The Hall–Kier alpha value is -1.75. The topological polar surface area (TPSA) is 70.8 Å². The zero-order valence-corrected chi connectivity index (χ0v) is 10.5. The van der Waals surface area contributed by atoms with E-state index in [1.54, 1.807) is 6.07 Å². The summed E-state index contributed by atoms with van der Waals surface area (Å²) in [7, 11) is 1.33. The van der Waals surface area contributed by atoms with Crippen LogP contribution in [0.2, 0.25) is 0 Å². The number of carbonyl (C=O) groups is 1. The maximum Gasteiger partial charge on any atom is 0.350 e. The zero-order valence-electron chi connectivity index (χ0n) is 10.5. The van der Waals surface area contributed by atoms with Gasteiger partial charge in [0.2, 0.25) is 6.10 Å². The van der Waals surface area contributed by atoms with E-state index in [9.17, 15) is 4.79 Å². The van der Waals surface area contributed by atoms with Gasteiger partial charge in [-0.15, -0.1) is 0 Å². The number of nitrogens with two attached hydrogens (primary N) is 1. The fourth-order valence-electron chi connectivity index (χ4n) is 1.86. The summed E-state index contributed by atoms with van der Waals surface area (Å²) in [5.74, 6) is 0.777. The van der Waals surface area contributed by atoms with Gasteiger partial charge in [0.15, 0.2) is 11.5 Å². The molecule has 5 heteroatoms. The summed E-state index contributed by atoms with van der Waals surface area (Å²) in [5, 5.41) is 0. The van der Waals surface area contributed by atoms with Crippen LogP contribution in [-0.2, 0) is 16.0 Å². The largest absolute Gasteiger partial charge is 0.485 e. The van der Waals surface area contributed by atoms with E-state index in [-0.39, 0.29) is 12.6 Å².